The number of oxime groups is 1. The number of hydrogen-bond acceptors (Lipinski definition) is 8. The normalized spacial score (nSPS) is 21.7. The molecule has 3 rings (SSSR count). The molecule has 1 amide bonds. The Bertz CT molecular complexity index is 1160. The van der Waals surface area contributed by atoms with E-state index in [4.69, 9.17) is 14.3 Å². The van der Waals surface area contributed by atoms with Crippen molar-refractivity contribution in [3.05, 3.63) is 47.4 Å². The van der Waals surface area contributed by atoms with Gasteiger partial charge in [-0.15, -0.1) is 0 Å². The maximum absolute atomic E-state index is 12.6. The molecular weight excluding hydrogens is 762 g/mol. The fourth-order valence-corrected chi connectivity index (χ4v) is 7.25. The van der Waals surface area contributed by atoms with Crippen molar-refractivity contribution in [3.8, 4) is 5.75 Å². The van der Waals surface area contributed by atoms with E-state index >= 15 is 0 Å². The minimum Gasteiger partial charge on any atom is -0.495 e. The van der Waals surface area contributed by atoms with Gasteiger partial charge >= 0.3 is 5.97 Å². The number of ether oxygens (including phenoxy) is 2. The lowest BCUT2D eigenvalue weighted by molar-refractivity contribution is -0.142. The summed E-state index contributed by atoms with van der Waals surface area (Å²) < 4.78 is 13.5. The molecule has 3 unspecified atom stereocenters. The number of carboxylic acid groups (broad SMARTS) is 1. The van der Waals surface area contributed by atoms with Gasteiger partial charge in [0, 0.05) is 13.0 Å². The molecule has 38 heavy (non-hydrogen) atoms. The van der Waals surface area contributed by atoms with Crippen LogP contribution in [0.5, 0.6) is 5.75 Å². The number of aliphatic carboxylic acids is 1. The van der Waals surface area contributed by atoms with Crippen molar-refractivity contribution in [1.29, 1.82) is 0 Å². The molecule has 1 aromatic carbocycles. The Balaban J connectivity index is 1.49. The van der Waals surface area contributed by atoms with Gasteiger partial charge in [-0.25, -0.2) is 0 Å². The molecule has 1 heterocycles. The summed E-state index contributed by atoms with van der Waals surface area (Å²) in [4.78, 5) is 31.3. The van der Waals surface area contributed by atoms with Crippen LogP contribution in [0.3, 0.4) is 0 Å². The van der Waals surface area contributed by atoms with E-state index in [1.165, 1.54) is 7.11 Å². The number of aliphatic hydroxyl groups excluding tert-OH is 1. The Morgan fingerprint density at radius 2 is 1.92 bits per heavy atom. The summed E-state index contributed by atoms with van der Waals surface area (Å²) in [6.45, 7) is 0.659. The maximum Gasteiger partial charge on any atom is 0.321 e. The van der Waals surface area contributed by atoms with Crippen LogP contribution in [-0.4, -0.2) is 84.8 Å². The molecule has 10 nitrogen and oxygen atoms in total. The third-order valence-electron chi connectivity index (χ3n) is 5.99. The van der Waals surface area contributed by atoms with E-state index in [0.717, 1.165) is 5.56 Å². The van der Waals surface area contributed by atoms with E-state index < -0.39 is 29.6 Å². The summed E-state index contributed by atoms with van der Waals surface area (Å²) in [5.41, 5.74) is -0.203. The predicted octanol–water partition coefficient (Wildman–Crippen LogP) is 4.08. The molecule has 2 aliphatic rings. The van der Waals surface area contributed by atoms with Crippen LogP contribution in [0.15, 0.2) is 47.0 Å². The second-order valence-corrected chi connectivity index (χ2v) is 12.3. The quantitative estimate of drug-likeness (QED) is 0.287. The van der Waals surface area contributed by atoms with E-state index in [1.807, 2.05) is 12.1 Å². The average Bonchev–Trinajstić information content (AvgIpc) is 3.27. The highest BCUT2D eigenvalue weighted by atomic mass is 79.9. The van der Waals surface area contributed by atoms with E-state index in [-0.39, 0.29) is 12.1 Å². The fraction of sp³-hybridized carbons (Fsp3) is 0.458. The Morgan fingerprint density at radius 1 is 1.26 bits per heavy atom. The van der Waals surface area contributed by atoms with Crippen LogP contribution < -0.4 is 10.1 Å². The lowest BCUT2D eigenvalue weighted by atomic mass is 9.87. The van der Waals surface area contributed by atoms with Crippen LogP contribution in [0.2, 0.25) is 0 Å². The highest BCUT2D eigenvalue weighted by Gasteiger charge is 2.50. The third-order valence-corrected chi connectivity index (χ3v) is 8.55. The SMILES string of the molecule is COC1=C(Br)C(O)C2(C=C1Br)CC(C(=O)NCCCOc1c(Br)cc(CC(C(=O)O)N(C)C)cc1Br)=NO2. The number of hydrogen-bond donors (Lipinski definition) is 3. The molecule has 0 fully saturated rings. The van der Waals surface area contributed by atoms with Gasteiger partial charge in [0.25, 0.3) is 5.91 Å². The van der Waals surface area contributed by atoms with Crippen LogP contribution in [0.25, 0.3) is 0 Å². The van der Waals surface area contributed by atoms with Gasteiger partial charge in [0.15, 0.2) is 5.60 Å². The highest BCUT2D eigenvalue weighted by Crippen LogP contribution is 2.44. The zero-order valence-corrected chi connectivity index (χ0v) is 27.1. The molecule has 3 atom stereocenters. The molecule has 0 saturated carbocycles. The highest BCUT2D eigenvalue weighted by molar-refractivity contribution is 9.12. The number of aliphatic hydroxyl groups is 1. The number of rotatable bonds is 11. The van der Waals surface area contributed by atoms with Crippen molar-refractivity contribution >= 4 is 81.3 Å². The number of likely N-dealkylation sites (N-methyl/N-ethyl adjacent to an activating group) is 1. The monoisotopic (exact) mass is 785 g/mol. The second-order valence-electron chi connectivity index (χ2n) is 8.91. The first-order valence-corrected chi connectivity index (χ1v) is 14.6. The topological polar surface area (TPSA) is 130 Å². The van der Waals surface area contributed by atoms with Crippen molar-refractivity contribution in [1.82, 2.24) is 10.2 Å². The second kappa shape index (κ2) is 13.3. The third kappa shape index (κ3) is 7.00. The largest absolute Gasteiger partial charge is 0.495 e. The molecule has 1 spiro atoms. The molecular formula is C24H27Br4N3O7. The van der Waals surface area contributed by atoms with Gasteiger partial charge in [0.1, 0.15) is 29.4 Å². The van der Waals surface area contributed by atoms with E-state index in [1.54, 1.807) is 25.1 Å². The summed E-state index contributed by atoms with van der Waals surface area (Å²) >= 11 is 13.7. The fourth-order valence-electron chi connectivity index (χ4n) is 3.95. The number of benzene rings is 1. The van der Waals surface area contributed by atoms with Crippen LogP contribution >= 0.6 is 63.7 Å². The van der Waals surface area contributed by atoms with Gasteiger partial charge in [-0.1, -0.05) is 5.16 Å². The molecule has 3 N–H and O–H groups in total. The van der Waals surface area contributed by atoms with Crippen molar-refractivity contribution in [2.75, 3.05) is 34.4 Å². The van der Waals surface area contributed by atoms with Gasteiger partial charge < -0.3 is 29.8 Å². The van der Waals surface area contributed by atoms with Gasteiger partial charge in [-0.05, 0) is 114 Å². The number of nitrogens with zero attached hydrogens (tertiary/aromatic N) is 2. The summed E-state index contributed by atoms with van der Waals surface area (Å²) in [7, 11) is 4.94. The molecule has 0 saturated heterocycles. The Morgan fingerprint density at radius 3 is 2.50 bits per heavy atom. The van der Waals surface area contributed by atoms with Crippen molar-refractivity contribution < 1.29 is 34.1 Å². The van der Waals surface area contributed by atoms with Gasteiger partial charge in [-0.3, -0.25) is 14.5 Å². The zero-order valence-electron chi connectivity index (χ0n) is 20.8. The van der Waals surface area contributed by atoms with Crippen molar-refractivity contribution in [2.24, 2.45) is 5.16 Å². The van der Waals surface area contributed by atoms with Gasteiger partial charge in [0.2, 0.25) is 0 Å². The molecule has 0 bridgehead atoms. The number of carbonyl (C=O) groups is 2. The summed E-state index contributed by atoms with van der Waals surface area (Å²) in [6.07, 6.45) is 1.49. The molecule has 1 aliphatic heterocycles. The molecule has 1 aromatic rings. The standard InChI is InChI=1S/C24H27Br4N3O7/c1-31(2)17(23(34)35)9-12-7-13(25)19(14(26)8-12)37-6-4-5-29-22(33)16-11-24(38-30-16)10-15(27)20(36-3)18(28)21(24)32/h7-8,10,17,21,32H,4-6,9,11H2,1-3H3,(H,29,33)(H,34,35). The van der Waals surface area contributed by atoms with Crippen molar-refractivity contribution in [3.63, 3.8) is 0 Å². The van der Waals surface area contributed by atoms with Crippen LogP contribution in [-0.2, 0) is 25.6 Å². The number of halogens is 4. The molecule has 0 radical (unpaired) electrons. The lowest BCUT2D eigenvalue weighted by Gasteiger charge is -2.33. The number of amides is 1. The Kier molecular flexibility index (Phi) is 10.9. The number of methoxy groups -OCH3 is 1. The first-order valence-electron chi connectivity index (χ1n) is 11.4. The zero-order chi connectivity index (χ0) is 28.2. The number of nitrogens with one attached hydrogen (secondary N) is 1. The lowest BCUT2D eigenvalue weighted by Crippen LogP contribution is -2.45. The van der Waals surface area contributed by atoms with Crippen molar-refractivity contribution in [2.45, 2.75) is 37.0 Å². The molecule has 208 valence electrons. The summed E-state index contributed by atoms with van der Waals surface area (Å²) in [6, 6.07) is 3.03. The summed E-state index contributed by atoms with van der Waals surface area (Å²) in [5.74, 6) is -0.253. The van der Waals surface area contributed by atoms with E-state index in [9.17, 15) is 19.8 Å². The molecule has 1 aliphatic carbocycles. The number of carbonyl (C=O) groups excluding carboxylic acids is 1. The summed E-state index contributed by atoms with van der Waals surface area (Å²) in [5, 5.41) is 26.9. The van der Waals surface area contributed by atoms with Gasteiger partial charge in [0.05, 0.1) is 31.6 Å². The average molecular weight is 789 g/mol. The minimum atomic E-state index is -1.21. The first-order chi connectivity index (χ1) is 17.9. The number of allylic oxidation sites excluding steroid dienone is 1. The smallest absolute Gasteiger partial charge is 0.321 e. The molecule has 14 heteroatoms. The van der Waals surface area contributed by atoms with Crippen LogP contribution in [0.1, 0.15) is 18.4 Å². The maximum atomic E-state index is 12.6. The van der Waals surface area contributed by atoms with Crippen LogP contribution in [0.4, 0.5) is 0 Å². The Hall–Kier alpha value is -1.45. The van der Waals surface area contributed by atoms with Crippen LogP contribution in [0, 0.1) is 0 Å². The van der Waals surface area contributed by atoms with E-state index in [0.29, 0.717) is 55.4 Å². The van der Waals surface area contributed by atoms with E-state index in [2.05, 4.69) is 74.2 Å². The minimum absolute atomic E-state index is 0.0838. The predicted molar refractivity (Wildman–Crippen MR) is 156 cm³/mol. The molecule has 0 aromatic heterocycles. The first kappa shape index (κ1) is 31.1. The van der Waals surface area contributed by atoms with Gasteiger partial charge in [-0.2, -0.15) is 0 Å². The Labute approximate surface area is 253 Å². The number of carboxylic acids is 1.